The van der Waals surface area contributed by atoms with Crippen molar-refractivity contribution in [2.75, 3.05) is 5.32 Å². The monoisotopic (exact) mass is 251 g/mol. The first kappa shape index (κ1) is 14.7. The van der Waals surface area contributed by atoms with Gasteiger partial charge in [-0.1, -0.05) is 32.0 Å². The zero-order chi connectivity index (χ0) is 13.8. The zero-order valence-corrected chi connectivity index (χ0v) is 11.1. The summed E-state index contributed by atoms with van der Waals surface area (Å²) in [5.41, 5.74) is -2.85. The van der Waals surface area contributed by atoms with Gasteiger partial charge in [-0.15, -0.1) is 0 Å². The summed E-state index contributed by atoms with van der Waals surface area (Å²) in [6, 6.07) is 9.00. The minimum absolute atomic E-state index is 0.145. The van der Waals surface area contributed by atoms with Crippen LogP contribution in [0.1, 0.15) is 33.6 Å². The number of aliphatic hydroxyl groups is 2. The van der Waals surface area contributed by atoms with Crippen LogP contribution in [0, 0.1) is 0 Å². The van der Waals surface area contributed by atoms with Gasteiger partial charge in [-0.3, -0.25) is 4.79 Å². The Morgan fingerprint density at radius 1 is 1.22 bits per heavy atom. The highest BCUT2D eigenvalue weighted by atomic mass is 16.4. The first-order valence-corrected chi connectivity index (χ1v) is 6.18. The lowest BCUT2D eigenvalue weighted by Crippen LogP contribution is -2.61. The molecule has 0 heterocycles. The number of carbonyl (C=O) groups is 1. The van der Waals surface area contributed by atoms with Crippen molar-refractivity contribution in [1.82, 2.24) is 0 Å². The van der Waals surface area contributed by atoms with E-state index in [9.17, 15) is 15.0 Å². The maximum absolute atomic E-state index is 11.9. The van der Waals surface area contributed by atoms with Gasteiger partial charge in [0.2, 0.25) is 0 Å². The molecule has 1 rings (SSSR count). The molecule has 4 nitrogen and oxygen atoms in total. The molecule has 0 unspecified atom stereocenters. The largest absolute Gasteiger partial charge is 0.377 e. The minimum Gasteiger partial charge on any atom is -0.377 e. The second-order valence-corrected chi connectivity index (χ2v) is 4.55. The molecule has 4 heteroatoms. The predicted octanol–water partition coefficient (Wildman–Crippen LogP) is 1.93. The molecule has 100 valence electrons. The molecule has 3 N–H and O–H groups in total. The average molecular weight is 251 g/mol. The second kappa shape index (κ2) is 5.50. The summed E-state index contributed by atoms with van der Waals surface area (Å²) in [4.78, 5) is 11.9. The fourth-order valence-electron chi connectivity index (χ4n) is 2.01. The molecule has 1 aromatic rings. The summed E-state index contributed by atoms with van der Waals surface area (Å²) in [5, 5.41) is 23.6. The topological polar surface area (TPSA) is 69.6 Å². The molecule has 0 bridgehead atoms. The minimum atomic E-state index is -1.79. The normalized spacial score (nSPS) is 17.6. The standard InChI is InChI=1S/C14H21NO3/c1-4-12(16)14(18,5-2)13(3,17)15-11-9-7-6-8-10-11/h6-10,15,17-18H,4-5H2,1-3H3/t13-,14+/m0/s1. The molecule has 0 aliphatic rings. The number of nitrogens with one attached hydrogen (secondary N) is 1. The Kier molecular flexibility index (Phi) is 4.48. The smallest absolute Gasteiger partial charge is 0.169 e. The van der Waals surface area contributed by atoms with Crippen LogP contribution in [0.5, 0.6) is 0 Å². The Hall–Kier alpha value is -1.39. The molecule has 0 aromatic heterocycles. The summed E-state index contributed by atoms with van der Waals surface area (Å²) in [6.07, 6.45) is 0.323. The van der Waals surface area contributed by atoms with E-state index >= 15 is 0 Å². The van der Waals surface area contributed by atoms with Crippen LogP contribution in [0.3, 0.4) is 0 Å². The van der Waals surface area contributed by atoms with E-state index in [0.717, 1.165) is 0 Å². The molecule has 0 spiro atoms. The summed E-state index contributed by atoms with van der Waals surface area (Å²) in [5.74, 6) is -0.376. The number of hydrogen-bond acceptors (Lipinski definition) is 4. The van der Waals surface area contributed by atoms with Crippen LogP contribution in [0.15, 0.2) is 30.3 Å². The Morgan fingerprint density at radius 3 is 2.22 bits per heavy atom. The van der Waals surface area contributed by atoms with Crippen molar-refractivity contribution in [3.63, 3.8) is 0 Å². The van der Waals surface area contributed by atoms with Crippen LogP contribution in [0.4, 0.5) is 5.69 Å². The number of carbonyl (C=O) groups excluding carboxylic acids is 1. The highest BCUT2D eigenvalue weighted by molar-refractivity contribution is 5.88. The third-order valence-electron chi connectivity index (χ3n) is 3.26. The van der Waals surface area contributed by atoms with Crippen molar-refractivity contribution in [2.45, 2.75) is 44.9 Å². The number of benzene rings is 1. The molecule has 0 amide bonds. The van der Waals surface area contributed by atoms with Gasteiger partial charge in [-0.25, -0.2) is 0 Å². The van der Waals surface area contributed by atoms with Crippen molar-refractivity contribution in [3.05, 3.63) is 30.3 Å². The lowest BCUT2D eigenvalue weighted by atomic mass is 9.83. The van der Waals surface area contributed by atoms with Crippen LogP contribution in [-0.2, 0) is 4.79 Å². The van der Waals surface area contributed by atoms with Crippen LogP contribution >= 0.6 is 0 Å². The molecular formula is C14H21NO3. The molecule has 0 saturated heterocycles. The zero-order valence-electron chi connectivity index (χ0n) is 11.1. The van der Waals surface area contributed by atoms with Crippen molar-refractivity contribution in [2.24, 2.45) is 0 Å². The predicted molar refractivity (Wildman–Crippen MR) is 71.2 cm³/mol. The summed E-state index contributed by atoms with van der Waals surface area (Å²) < 4.78 is 0. The van der Waals surface area contributed by atoms with Crippen LogP contribution in [0.25, 0.3) is 0 Å². The Balaban J connectivity index is 3.00. The van der Waals surface area contributed by atoms with Crippen LogP contribution < -0.4 is 5.32 Å². The van der Waals surface area contributed by atoms with E-state index in [1.807, 2.05) is 18.2 Å². The van der Waals surface area contributed by atoms with E-state index in [1.165, 1.54) is 6.92 Å². The van der Waals surface area contributed by atoms with E-state index in [4.69, 9.17) is 0 Å². The molecule has 0 radical (unpaired) electrons. The van der Waals surface area contributed by atoms with Gasteiger partial charge in [-0.05, 0) is 25.5 Å². The Morgan fingerprint density at radius 2 is 1.78 bits per heavy atom. The quantitative estimate of drug-likeness (QED) is 0.676. The molecular weight excluding hydrogens is 230 g/mol. The van der Waals surface area contributed by atoms with Crippen LogP contribution in [0.2, 0.25) is 0 Å². The number of para-hydroxylation sites is 1. The maximum Gasteiger partial charge on any atom is 0.169 e. The molecule has 0 saturated carbocycles. The van der Waals surface area contributed by atoms with E-state index < -0.39 is 11.3 Å². The molecule has 0 fully saturated rings. The van der Waals surface area contributed by atoms with E-state index in [2.05, 4.69) is 5.32 Å². The van der Waals surface area contributed by atoms with Gasteiger partial charge >= 0.3 is 0 Å². The molecule has 1 aromatic carbocycles. The number of hydrogen-bond donors (Lipinski definition) is 3. The fourth-order valence-corrected chi connectivity index (χ4v) is 2.01. The molecule has 2 atom stereocenters. The summed E-state index contributed by atoms with van der Waals surface area (Å²) >= 11 is 0. The average Bonchev–Trinajstić information content (AvgIpc) is 2.37. The maximum atomic E-state index is 11.9. The molecule has 0 aliphatic heterocycles. The first-order valence-electron chi connectivity index (χ1n) is 6.18. The molecule has 18 heavy (non-hydrogen) atoms. The second-order valence-electron chi connectivity index (χ2n) is 4.55. The third-order valence-corrected chi connectivity index (χ3v) is 3.26. The van der Waals surface area contributed by atoms with Gasteiger partial charge in [0.25, 0.3) is 0 Å². The van der Waals surface area contributed by atoms with Crippen molar-refractivity contribution < 1.29 is 15.0 Å². The van der Waals surface area contributed by atoms with E-state index in [0.29, 0.717) is 5.69 Å². The molecule has 0 aliphatic carbocycles. The lowest BCUT2D eigenvalue weighted by molar-refractivity contribution is -0.164. The third kappa shape index (κ3) is 2.71. The van der Waals surface area contributed by atoms with E-state index in [1.54, 1.807) is 26.0 Å². The highest BCUT2D eigenvalue weighted by Gasteiger charge is 2.49. The number of Topliss-reactive ketones (excluding diaryl/α,β-unsaturated/α-hetero) is 1. The SMILES string of the molecule is CCC(=O)[C@](O)(CC)[C@](C)(O)Nc1ccccc1. The summed E-state index contributed by atoms with van der Waals surface area (Å²) in [7, 11) is 0. The van der Waals surface area contributed by atoms with Gasteiger partial charge in [0.15, 0.2) is 17.1 Å². The fraction of sp³-hybridized carbons (Fsp3) is 0.500. The highest BCUT2D eigenvalue weighted by Crippen LogP contribution is 2.29. The van der Waals surface area contributed by atoms with Crippen molar-refractivity contribution >= 4 is 11.5 Å². The Labute approximate surface area is 108 Å². The van der Waals surface area contributed by atoms with Crippen molar-refractivity contribution in [3.8, 4) is 0 Å². The van der Waals surface area contributed by atoms with Gasteiger partial charge < -0.3 is 15.5 Å². The number of ketones is 1. The first-order chi connectivity index (χ1) is 8.37. The lowest BCUT2D eigenvalue weighted by Gasteiger charge is -2.40. The van der Waals surface area contributed by atoms with Gasteiger partial charge in [0, 0.05) is 12.1 Å². The van der Waals surface area contributed by atoms with E-state index in [-0.39, 0.29) is 18.6 Å². The van der Waals surface area contributed by atoms with Crippen LogP contribution in [-0.4, -0.2) is 27.3 Å². The number of rotatable bonds is 6. The van der Waals surface area contributed by atoms with Crippen molar-refractivity contribution in [1.29, 1.82) is 0 Å². The van der Waals surface area contributed by atoms with Gasteiger partial charge in [0.1, 0.15) is 0 Å². The van der Waals surface area contributed by atoms with Gasteiger partial charge in [0.05, 0.1) is 0 Å². The summed E-state index contributed by atoms with van der Waals surface area (Å²) in [6.45, 7) is 4.76. The number of anilines is 1. The Bertz CT molecular complexity index is 403. The van der Waals surface area contributed by atoms with Gasteiger partial charge in [-0.2, -0.15) is 0 Å².